The van der Waals surface area contributed by atoms with Crippen LogP contribution < -0.4 is 15.5 Å². The Morgan fingerprint density at radius 3 is 2.83 bits per heavy atom. The number of alkyl halides is 1. The summed E-state index contributed by atoms with van der Waals surface area (Å²) in [6.45, 7) is 2.54. The highest BCUT2D eigenvalue weighted by Gasteiger charge is 2.32. The molecule has 2 aromatic rings. The number of amides is 2. The molecule has 2 amide bonds. The van der Waals surface area contributed by atoms with Crippen LogP contribution in [0.3, 0.4) is 0 Å². The molecule has 160 valence electrons. The van der Waals surface area contributed by atoms with Crippen LogP contribution in [0.1, 0.15) is 19.0 Å². The molecule has 1 aliphatic heterocycles. The largest absolute Gasteiger partial charge is 0.442 e. The van der Waals surface area contributed by atoms with E-state index in [9.17, 15) is 18.4 Å². The van der Waals surface area contributed by atoms with Crippen molar-refractivity contribution in [2.45, 2.75) is 26.0 Å². The highest BCUT2D eigenvalue weighted by molar-refractivity contribution is 5.90. The van der Waals surface area contributed by atoms with E-state index in [4.69, 9.17) is 4.74 Å². The third kappa shape index (κ3) is 5.50. The lowest BCUT2D eigenvalue weighted by atomic mass is 10.1. The van der Waals surface area contributed by atoms with Gasteiger partial charge in [0.05, 0.1) is 31.1 Å². The van der Waals surface area contributed by atoms with Gasteiger partial charge in [-0.05, 0) is 37.2 Å². The lowest BCUT2D eigenvalue weighted by molar-refractivity contribution is -0.119. The second-order valence-corrected chi connectivity index (χ2v) is 6.98. The van der Waals surface area contributed by atoms with Crippen molar-refractivity contribution in [2.75, 3.05) is 31.2 Å². The Morgan fingerprint density at radius 2 is 2.17 bits per heavy atom. The molecule has 2 heterocycles. The second-order valence-electron chi connectivity index (χ2n) is 6.98. The first kappa shape index (κ1) is 21.6. The van der Waals surface area contributed by atoms with Crippen molar-refractivity contribution in [2.24, 2.45) is 0 Å². The monoisotopic (exact) mass is 418 g/mol. The number of carbonyl (C=O) groups excluding carboxylic acids is 2. The summed E-state index contributed by atoms with van der Waals surface area (Å²) in [5.74, 6) is -0.698. The van der Waals surface area contributed by atoms with Crippen LogP contribution in [0.25, 0.3) is 11.1 Å². The summed E-state index contributed by atoms with van der Waals surface area (Å²) in [4.78, 5) is 28.8. The van der Waals surface area contributed by atoms with Gasteiger partial charge in [-0.1, -0.05) is 6.07 Å². The number of rotatable bonds is 9. The Bertz CT molecular complexity index is 892. The summed E-state index contributed by atoms with van der Waals surface area (Å²) in [5.41, 5.74) is 2.14. The predicted octanol–water partition coefficient (Wildman–Crippen LogP) is 2.80. The van der Waals surface area contributed by atoms with Crippen LogP contribution in [0.2, 0.25) is 0 Å². The standard InChI is InChI=1S/C21H24F2N4O3/c1-14(28)25-12-18-13-27(21(29)30-18)17-5-6-19(20(23)9-17)15-3-4-16(26-10-15)11-24-8-2-7-22/h3-6,9-10,18,24H,2,7-8,11-13H2,1H3,(H,25,28). The minimum atomic E-state index is -0.580. The molecule has 1 unspecified atom stereocenters. The van der Waals surface area contributed by atoms with Gasteiger partial charge in [0.2, 0.25) is 5.91 Å². The maximum atomic E-state index is 14.7. The Labute approximate surface area is 173 Å². The maximum Gasteiger partial charge on any atom is 0.414 e. The molecule has 1 atom stereocenters. The fourth-order valence-corrected chi connectivity index (χ4v) is 3.10. The van der Waals surface area contributed by atoms with Crippen LogP contribution >= 0.6 is 0 Å². The molecule has 0 bridgehead atoms. The van der Waals surface area contributed by atoms with Gasteiger partial charge in [-0.15, -0.1) is 0 Å². The SMILES string of the molecule is CC(=O)NCC1CN(c2ccc(-c3ccc(CNCCCF)nc3)c(F)c2)C(=O)O1. The van der Waals surface area contributed by atoms with E-state index in [0.29, 0.717) is 36.3 Å². The summed E-state index contributed by atoms with van der Waals surface area (Å²) < 4.78 is 32.0. The van der Waals surface area contributed by atoms with Crippen LogP contribution in [0.4, 0.5) is 19.3 Å². The van der Waals surface area contributed by atoms with Gasteiger partial charge >= 0.3 is 6.09 Å². The molecule has 1 fully saturated rings. The summed E-state index contributed by atoms with van der Waals surface area (Å²) in [6.07, 6.45) is 0.967. The van der Waals surface area contributed by atoms with Crippen molar-refractivity contribution in [1.82, 2.24) is 15.6 Å². The molecule has 3 rings (SSSR count). The lowest BCUT2D eigenvalue weighted by Gasteiger charge is -2.14. The number of halogens is 2. The highest BCUT2D eigenvalue weighted by Crippen LogP contribution is 2.28. The average molecular weight is 418 g/mol. The molecular weight excluding hydrogens is 394 g/mol. The number of carbonyl (C=O) groups is 2. The van der Waals surface area contributed by atoms with Crippen LogP contribution in [-0.4, -0.2) is 49.4 Å². The molecule has 0 spiro atoms. The lowest BCUT2D eigenvalue weighted by Crippen LogP contribution is -2.33. The number of nitrogens with one attached hydrogen (secondary N) is 2. The van der Waals surface area contributed by atoms with Crippen molar-refractivity contribution in [3.05, 3.63) is 48.0 Å². The molecule has 1 aromatic carbocycles. The van der Waals surface area contributed by atoms with Gasteiger partial charge in [0.1, 0.15) is 11.9 Å². The molecule has 9 heteroatoms. The molecule has 30 heavy (non-hydrogen) atoms. The number of ether oxygens (including phenoxy) is 1. The van der Waals surface area contributed by atoms with Crippen molar-refractivity contribution in [1.29, 1.82) is 0 Å². The van der Waals surface area contributed by atoms with Crippen molar-refractivity contribution < 1.29 is 23.1 Å². The molecule has 0 radical (unpaired) electrons. The highest BCUT2D eigenvalue weighted by atomic mass is 19.1. The average Bonchev–Trinajstić information content (AvgIpc) is 3.11. The number of anilines is 1. The van der Waals surface area contributed by atoms with E-state index in [0.717, 1.165) is 5.69 Å². The molecule has 7 nitrogen and oxygen atoms in total. The fraction of sp³-hybridized carbons (Fsp3) is 0.381. The Balaban J connectivity index is 1.65. The molecule has 1 aliphatic rings. The minimum absolute atomic E-state index is 0.207. The summed E-state index contributed by atoms with van der Waals surface area (Å²) >= 11 is 0. The van der Waals surface area contributed by atoms with Crippen LogP contribution in [-0.2, 0) is 16.1 Å². The summed E-state index contributed by atoms with van der Waals surface area (Å²) in [6, 6.07) is 8.08. The van der Waals surface area contributed by atoms with Crippen molar-refractivity contribution in [3.8, 4) is 11.1 Å². The Morgan fingerprint density at radius 1 is 1.33 bits per heavy atom. The quantitative estimate of drug-likeness (QED) is 0.612. The van der Waals surface area contributed by atoms with Gasteiger partial charge in [0, 0.05) is 30.8 Å². The second kappa shape index (κ2) is 10.1. The normalized spacial score (nSPS) is 15.9. The van der Waals surface area contributed by atoms with Gasteiger partial charge < -0.3 is 15.4 Å². The van der Waals surface area contributed by atoms with Crippen molar-refractivity contribution >= 4 is 17.7 Å². The molecule has 1 aromatic heterocycles. The van der Waals surface area contributed by atoms with Gasteiger partial charge in [-0.25, -0.2) is 9.18 Å². The zero-order valence-corrected chi connectivity index (χ0v) is 16.7. The van der Waals surface area contributed by atoms with Gasteiger partial charge in [-0.2, -0.15) is 0 Å². The number of pyridine rings is 1. The van der Waals surface area contributed by atoms with E-state index < -0.39 is 18.0 Å². The third-order valence-electron chi connectivity index (χ3n) is 4.65. The van der Waals surface area contributed by atoms with E-state index in [1.165, 1.54) is 17.9 Å². The molecule has 0 saturated carbocycles. The first-order valence-electron chi connectivity index (χ1n) is 9.72. The van der Waals surface area contributed by atoms with Gasteiger partial charge in [0.25, 0.3) is 0 Å². The van der Waals surface area contributed by atoms with E-state index in [-0.39, 0.29) is 25.7 Å². The van der Waals surface area contributed by atoms with Crippen LogP contribution in [0.5, 0.6) is 0 Å². The number of cyclic esters (lactones) is 1. The summed E-state index contributed by atoms with van der Waals surface area (Å²) in [7, 11) is 0. The number of hydrogen-bond donors (Lipinski definition) is 2. The zero-order valence-electron chi connectivity index (χ0n) is 16.7. The first-order valence-corrected chi connectivity index (χ1v) is 9.72. The predicted molar refractivity (Wildman–Crippen MR) is 108 cm³/mol. The molecule has 0 aliphatic carbocycles. The summed E-state index contributed by atoms with van der Waals surface area (Å²) in [5, 5.41) is 5.69. The van der Waals surface area contributed by atoms with Gasteiger partial charge in [0.15, 0.2) is 0 Å². The molecule has 2 N–H and O–H groups in total. The van der Waals surface area contributed by atoms with Crippen LogP contribution in [0.15, 0.2) is 36.5 Å². The first-order chi connectivity index (χ1) is 14.5. The topological polar surface area (TPSA) is 83.6 Å². The smallest absolute Gasteiger partial charge is 0.414 e. The fourth-order valence-electron chi connectivity index (χ4n) is 3.10. The Kier molecular flexibility index (Phi) is 7.29. The number of hydrogen-bond acceptors (Lipinski definition) is 5. The van der Waals surface area contributed by atoms with E-state index >= 15 is 0 Å². The number of benzene rings is 1. The number of aromatic nitrogens is 1. The van der Waals surface area contributed by atoms with E-state index in [1.54, 1.807) is 30.5 Å². The third-order valence-corrected chi connectivity index (χ3v) is 4.65. The van der Waals surface area contributed by atoms with Crippen molar-refractivity contribution in [3.63, 3.8) is 0 Å². The number of nitrogens with zero attached hydrogens (tertiary/aromatic N) is 2. The zero-order chi connectivity index (χ0) is 21.5. The van der Waals surface area contributed by atoms with Crippen LogP contribution in [0, 0.1) is 5.82 Å². The molecule has 1 saturated heterocycles. The van der Waals surface area contributed by atoms with E-state index in [1.807, 2.05) is 0 Å². The molecular formula is C21H24F2N4O3. The maximum absolute atomic E-state index is 14.7. The minimum Gasteiger partial charge on any atom is -0.442 e. The Hall–Kier alpha value is -3.07. The van der Waals surface area contributed by atoms with Gasteiger partial charge in [-0.3, -0.25) is 19.1 Å². The van der Waals surface area contributed by atoms with E-state index in [2.05, 4.69) is 15.6 Å².